The molecule has 0 unspecified atom stereocenters. The van der Waals surface area contributed by atoms with E-state index >= 15 is 0 Å². The lowest BCUT2D eigenvalue weighted by Crippen LogP contribution is -2.43. The number of hydrogen-bond donors (Lipinski definition) is 1. The number of halogens is 2. The molecule has 0 aliphatic heterocycles. The molecule has 0 heterocycles. The molecule has 0 radical (unpaired) electrons. The predicted molar refractivity (Wildman–Crippen MR) is 96.9 cm³/mol. The van der Waals surface area contributed by atoms with Crippen LogP contribution < -0.4 is 5.32 Å². The van der Waals surface area contributed by atoms with Crippen LogP contribution in [0.4, 0.5) is 4.39 Å². The lowest BCUT2D eigenvalue weighted by atomic mass is 10.1. The molecule has 0 saturated carbocycles. The fourth-order valence-electron chi connectivity index (χ4n) is 2.27. The number of esters is 1. The molecule has 0 spiro atoms. The Labute approximate surface area is 153 Å². The SMILES string of the molecule is COC(=O)[C@H](Cc1ccc(I)cc1)NC(=O)Cc1cccc(F)c1. The molecule has 2 aromatic rings. The van der Waals surface area contributed by atoms with E-state index in [1.165, 1.54) is 19.2 Å². The third-order valence-corrected chi connectivity index (χ3v) is 4.15. The summed E-state index contributed by atoms with van der Waals surface area (Å²) in [6.45, 7) is 0. The summed E-state index contributed by atoms with van der Waals surface area (Å²) in [7, 11) is 1.28. The minimum absolute atomic E-state index is 0.00204. The van der Waals surface area contributed by atoms with E-state index in [0.717, 1.165) is 9.13 Å². The van der Waals surface area contributed by atoms with Crippen LogP contribution in [0.5, 0.6) is 0 Å². The average molecular weight is 441 g/mol. The Morgan fingerprint density at radius 1 is 1.17 bits per heavy atom. The van der Waals surface area contributed by atoms with Crippen LogP contribution >= 0.6 is 22.6 Å². The predicted octanol–water partition coefficient (Wildman–Crippen LogP) is 2.87. The first-order valence-corrected chi connectivity index (χ1v) is 8.42. The molecular formula is C18H17FINO3. The van der Waals surface area contributed by atoms with E-state index < -0.39 is 17.8 Å². The number of hydrogen-bond acceptors (Lipinski definition) is 3. The topological polar surface area (TPSA) is 55.4 Å². The van der Waals surface area contributed by atoms with Gasteiger partial charge in [0.25, 0.3) is 0 Å². The molecule has 1 N–H and O–H groups in total. The lowest BCUT2D eigenvalue weighted by Gasteiger charge is -2.17. The number of nitrogens with one attached hydrogen (secondary N) is 1. The highest BCUT2D eigenvalue weighted by atomic mass is 127. The summed E-state index contributed by atoms with van der Waals surface area (Å²) in [6, 6.07) is 12.7. The molecule has 0 bridgehead atoms. The van der Waals surface area contributed by atoms with Gasteiger partial charge in [-0.2, -0.15) is 0 Å². The number of benzene rings is 2. The third kappa shape index (κ3) is 5.59. The maximum atomic E-state index is 13.2. The number of methoxy groups -OCH3 is 1. The Hall–Kier alpha value is -1.96. The van der Waals surface area contributed by atoms with Gasteiger partial charge in [0.05, 0.1) is 13.5 Å². The van der Waals surface area contributed by atoms with Crippen molar-refractivity contribution in [2.45, 2.75) is 18.9 Å². The third-order valence-electron chi connectivity index (χ3n) is 3.43. The molecular weight excluding hydrogens is 424 g/mol. The van der Waals surface area contributed by atoms with Gasteiger partial charge < -0.3 is 10.1 Å². The number of carbonyl (C=O) groups excluding carboxylic acids is 2. The van der Waals surface area contributed by atoms with Gasteiger partial charge in [-0.3, -0.25) is 4.79 Å². The van der Waals surface area contributed by atoms with Crippen molar-refractivity contribution in [1.29, 1.82) is 0 Å². The van der Waals surface area contributed by atoms with Crippen LogP contribution in [0.1, 0.15) is 11.1 Å². The smallest absolute Gasteiger partial charge is 0.328 e. The van der Waals surface area contributed by atoms with Gasteiger partial charge in [0.2, 0.25) is 5.91 Å². The summed E-state index contributed by atoms with van der Waals surface area (Å²) in [5.74, 6) is -1.27. The van der Waals surface area contributed by atoms with E-state index in [9.17, 15) is 14.0 Å². The monoisotopic (exact) mass is 441 g/mol. The van der Waals surface area contributed by atoms with E-state index in [1.54, 1.807) is 12.1 Å². The molecule has 4 nitrogen and oxygen atoms in total. The van der Waals surface area contributed by atoms with Gasteiger partial charge in [0, 0.05) is 9.99 Å². The summed E-state index contributed by atoms with van der Waals surface area (Å²) in [4.78, 5) is 24.1. The summed E-state index contributed by atoms with van der Waals surface area (Å²) < 4.78 is 19.0. The van der Waals surface area contributed by atoms with Crippen LogP contribution in [0.25, 0.3) is 0 Å². The molecule has 0 aromatic heterocycles. The van der Waals surface area contributed by atoms with Crippen LogP contribution in [-0.2, 0) is 27.2 Å². The molecule has 6 heteroatoms. The minimum Gasteiger partial charge on any atom is -0.467 e. The number of amides is 1. The fourth-order valence-corrected chi connectivity index (χ4v) is 2.63. The molecule has 2 aromatic carbocycles. The first-order valence-electron chi connectivity index (χ1n) is 7.34. The first kappa shape index (κ1) is 18.4. The van der Waals surface area contributed by atoms with Crippen molar-refractivity contribution in [2.24, 2.45) is 0 Å². The van der Waals surface area contributed by atoms with Gasteiger partial charge in [-0.05, 0) is 58.0 Å². The minimum atomic E-state index is -0.781. The number of rotatable bonds is 6. The Kier molecular flexibility index (Phi) is 6.72. The standard InChI is InChI=1S/C18H17FINO3/c1-24-18(23)16(10-12-5-7-15(20)8-6-12)21-17(22)11-13-3-2-4-14(19)9-13/h2-9,16H,10-11H2,1H3,(H,21,22)/t16-/m0/s1. The molecule has 0 aliphatic rings. The molecule has 1 amide bonds. The second kappa shape index (κ2) is 8.77. The largest absolute Gasteiger partial charge is 0.467 e. The summed E-state index contributed by atoms with van der Waals surface area (Å²) >= 11 is 2.19. The van der Waals surface area contributed by atoms with E-state index in [2.05, 4.69) is 27.9 Å². The second-order valence-electron chi connectivity index (χ2n) is 5.28. The number of ether oxygens (including phenoxy) is 1. The Morgan fingerprint density at radius 2 is 1.88 bits per heavy atom. The van der Waals surface area contributed by atoms with Gasteiger partial charge in [0.15, 0.2) is 0 Å². The van der Waals surface area contributed by atoms with E-state index in [0.29, 0.717) is 12.0 Å². The Balaban J connectivity index is 2.03. The highest BCUT2D eigenvalue weighted by molar-refractivity contribution is 14.1. The zero-order valence-corrected chi connectivity index (χ0v) is 15.2. The molecule has 2 rings (SSSR count). The summed E-state index contributed by atoms with van der Waals surface area (Å²) in [5.41, 5.74) is 1.46. The quantitative estimate of drug-likeness (QED) is 0.554. The molecule has 0 fully saturated rings. The molecule has 0 aliphatic carbocycles. The van der Waals surface area contributed by atoms with Gasteiger partial charge in [0.1, 0.15) is 11.9 Å². The van der Waals surface area contributed by atoms with Crippen molar-refractivity contribution in [3.8, 4) is 0 Å². The van der Waals surface area contributed by atoms with Crippen molar-refractivity contribution < 1.29 is 18.7 Å². The second-order valence-corrected chi connectivity index (χ2v) is 6.53. The molecule has 24 heavy (non-hydrogen) atoms. The maximum Gasteiger partial charge on any atom is 0.328 e. The van der Waals surface area contributed by atoms with E-state index in [1.807, 2.05) is 24.3 Å². The van der Waals surface area contributed by atoms with Gasteiger partial charge in [-0.1, -0.05) is 24.3 Å². The van der Waals surface area contributed by atoms with Crippen molar-refractivity contribution in [2.75, 3.05) is 7.11 Å². The van der Waals surface area contributed by atoms with Crippen LogP contribution in [0.15, 0.2) is 48.5 Å². The zero-order chi connectivity index (χ0) is 17.5. The molecule has 0 saturated heterocycles. The van der Waals surface area contributed by atoms with Crippen LogP contribution in [0.2, 0.25) is 0 Å². The molecule has 126 valence electrons. The Morgan fingerprint density at radius 3 is 2.50 bits per heavy atom. The van der Waals surface area contributed by atoms with Gasteiger partial charge in [-0.25, -0.2) is 9.18 Å². The maximum absolute atomic E-state index is 13.2. The highest BCUT2D eigenvalue weighted by Crippen LogP contribution is 2.10. The van der Waals surface area contributed by atoms with Crippen LogP contribution in [0, 0.1) is 9.39 Å². The number of carbonyl (C=O) groups is 2. The fraction of sp³-hybridized carbons (Fsp3) is 0.222. The summed E-state index contributed by atoms with van der Waals surface area (Å²) in [5, 5.41) is 2.66. The zero-order valence-electron chi connectivity index (χ0n) is 13.1. The van der Waals surface area contributed by atoms with Crippen LogP contribution in [-0.4, -0.2) is 25.0 Å². The van der Waals surface area contributed by atoms with E-state index in [-0.39, 0.29) is 12.3 Å². The van der Waals surface area contributed by atoms with Gasteiger partial charge >= 0.3 is 5.97 Å². The summed E-state index contributed by atoms with van der Waals surface area (Å²) in [6.07, 6.45) is 0.330. The average Bonchev–Trinajstić information content (AvgIpc) is 2.55. The van der Waals surface area contributed by atoms with Gasteiger partial charge in [-0.15, -0.1) is 0 Å². The van der Waals surface area contributed by atoms with Crippen molar-refractivity contribution in [3.63, 3.8) is 0 Å². The first-order chi connectivity index (χ1) is 11.5. The Bertz CT molecular complexity index is 718. The van der Waals surface area contributed by atoms with Crippen LogP contribution in [0.3, 0.4) is 0 Å². The van der Waals surface area contributed by atoms with E-state index in [4.69, 9.17) is 4.74 Å². The van der Waals surface area contributed by atoms with Crippen molar-refractivity contribution >= 4 is 34.5 Å². The van der Waals surface area contributed by atoms with Crippen molar-refractivity contribution in [1.82, 2.24) is 5.32 Å². The van der Waals surface area contributed by atoms with Crippen molar-refractivity contribution in [3.05, 3.63) is 69.0 Å². The molecule has 1 atom stereocenters. The highest BCUT2D eigenvalue weighted by Gasteiger charge is 2.22. The lowest BCUT2D eigenvalue weighted by molar-refractivity contribution is -0.145. The normalized spacial score (nSPS) is 11.6.